The van der Waals surface area contributed by atoms with E-state index < -0.39 is 10.0 Å². The monoisotopic (exact) mass is 459 g/mol. The fourth-order valence-electron chi connectivity index (χ4n) is 3.03. The highest BCUT2D eigenvalue weighted by atomic mass is 32.2. The topological polar surface area (TPSA) is 101 Å². The summed E-state index contributed by atoms with van der Waals surface area (Å²) in [5.41, 5.74) is 2.71. The Balaban J connectivity index is 1.40. The largest absolute Gasteiger partial charge is 0.468 e. The van der Waals surface area contributed by atoms with E-state index in [0.717, 1.165) is 11.3 Å². The number of hydrogen-bond acceptors (Lipinski definition) is 5. The van der Waals surface area contributed by atoms with Gasteiger partial charge in [-0.3, -0.25) is 9.78 Å². The van der Waals surface area contributed by atoms with Gasteiger partial charge in [0.25, 0.3) is 5.91 Å². The maximum atomic E-state index is 12.6. The Hall–Kier alpha value is -4.01. The molecule has 4 aromatic rings. The summed E-state index contributed by atoms with van der Waals surface area (Å²) in [4.78, 5) is 16.9. The first-order valence-corrected chi connectivity index (χ1v) is 11.6. The number of furan rings is 1. The molecule has 0 radical (unpaired) electrons. The van der Waals surface area contributed by atoms with Gasteiger partial charge in [-0.2, -0.15) is 0 Å². The van der Waals surface area contributed by atoms with Gasteiger partial charge in [0.1, 0.15) is 5.76 Å². The molecule has 0 aliphatic rings. The smallest absolute Gasteiger partial charge is 0.255 e. The molecule has 1 amide bonds. The normalized spacial score (nSPS) is 11.5. The van der Waals surface area contributed by atoms with Crippen molar-refractivity contribution in [2.24, 2.45) is 0 Å². The van der Waals surface area contributed by atoms with Crippen LogP contribution in [0.5, 0.6) is 0 Å². The number of nitrogens with zero attached hydrogens (tertiary/aromatic N) is 1. The van der Waals surface area contributed by atoms with E-state index in [1.807, 2.05) is 48.6 Å². The Kier molecular flexibility index (Phi) is 6.77. The molecular weight excluding hydrogens is 438 g/mol. The van der Waals surface area contributed by atoms with Crippen molar-refractivity contribution in [1.29, 1.82) is 0 Å². The molecule has 0 aliphatic heterocycles. The molecule has 8 heteroatoms. The van der Waals surface area contributed by atoms with Crippen molar-refractivity contribution in [2.75, 3.05) is 5.32 Å². The Labute approximate surface area is 191 Å². The maximum absolute atomic E-state index is 12.6. The number of aromatic nitrogens is 1. The van der Waals surface area contributed by atoms with Gasteiger partial charge < -0.3 is 9.73 Å². The van der Waals surface area contributed by atoms with Crippen LogP contribution in [-0.2, 0) is 16.6 Å². The summed E-state index contributed by atoms with van der Waals surface area (Å²) in [6.45, 7) is 0.0443. The van der Waals surface area contributed by atoms with Gasteiger partial charge in [0.15, 0.2) is 0 Å². The molecule has 0 atom stereocenters. The van der Waals surface area contributed by atoms with Gasteiger partial charge in [-0.15, -0.1) is 0 Å². The van der Waals surface area contributed by atoms with E-state index >= 15 is 0 Å². The Morgan fingerprint density at radius 1 is 0.939 bits per heavy atom. The van der Waals surface area contributed by atoms with Crippen molar-refractivity contribution >= 4 is 33.8 Å². The first kappa shape index (κ1) is 22.2. The van der Waals surface area contributed by atoms with E-state index in [9.17, 15) is 13.2 Å². The fraction of sp³-hybridized carbons (Fsp3) is 0.0400. The van der Waals surface area contributed by atoms with Gasteiger partial charge in [0.2, 0.25) is 10.0 Å². The van der Waals surface area contributed by atoms with E-state index in [-0.39, 0.29) is 17.3 Å². The summed E-state index contributed by atoms with van der Waals surface area (Å²) in [7, 11) is -3.73. The zero-order chi connectivity index (χ0) is 23.1. The van der Waals surface area contributed by atoms with Crippen LogP contribution in [-0.4, -0.2) is 19.3 Å². The predicted molar refractivity (Wildman–Crippen MR) is 127 cm³/mol. The average molecular weight is 460 g/mol. The highest BCUT2D eigenvalue weighted by Crippen LogP contribution is 2.16. The summed E-state index contributed by atoms with van der Waals surface area (Å²) in [5.74, 6) is 0.167. The lowest BCUT2D eigenvalue weighted by Crippen LogP contribution is -2.23. The number of carbonyl (C=O) groups is 1. The van der Waals surface area contributed by atoms with Crippen LogP contribution in [0.2, 0.25) is 0 Å². The lowest BCUT2D eigenvalue weighted by Gasteiger charge is -2.08. The zero-order valence-electron chi connectivity index (χ0n) is 17.5. The minimum Gasteiger partial charge on any atom is -0.468 e. The highest BCUT2D eigenvalue weighted by molar-refractivity contribution is 7.89. The van der Waals surface area contributed by atoms with E-state index in [1.165, 1.54) is 30.5 Å². The molecule has 2 heterocycles. The number of carbonyl (C=O) groups excluding carboxylic acids is 1. The Morgan fingerprint density at radius 2 is 1.79 bits per heavy atom. The van der Waals surface area contributed by atoms with Gasteiger partial charge in [-0.1, -0.05) is 24.3 Å². The van der Waals surface area contributed by atoms with Crippen LogP contribution in [0.4, 0.5) is 5.69 Å². The molecule has 0 saturated carbocycles. The van der Waals surface area contributed by atoms with Crippen molar-refractivity contribution in [1.82, 2.24) is 9.71 Å². The van der Waals surface area contributed by atoms with Gasteiger partial charge in [0, 0.05) is 17.4 Å². The summed E-state index contributed by atoms with van der Waals surface area (Å²) < 4.78 is 32.5. The summed E-state index contributed by atoms with van der Waals surface area (Å²) in [6, 6.07) is 22.2. The minimum atomic E-state index is -3.73. The third-order valence-electron chi connectivity index (χ3n) is 4.72. The minimum absolute atomic E-state index is 0.0443. The molecule has 7 nitrogen and oxygen atoms in total. The molecule has 0 spiro atoms. The first-order chi connectivity index (χ1) is 16.0. The number of nitrogens with one attached hydrogen (secondary N) is 2. The van der Waals surface area contributed by atoms with Crippen molar-refractivity contribution in [3.8, 4) is 0 Å². The number of anilines is 1. The van der Waals surface area contributed by atoms with Crippen LogP contribution in [0.1, 0.15) is 27.4 Å². The zero-order valence-corrected chi connectivity index (χ0v) is 18.3. The molecule has 2 aromatic carbocycles. The summed E-state index contributed by atoms with van der Waals surface area (Å²) in [6.07, 6.45) is 7.00. The SMILES string of the molecule is O=C(Nc1cccc(/C=C/c2ccccn2)c1)c1ccc(S(=O)(=O)NCc2ccco2)cc1. The van der Waals surface area contributed by atoms with Crippen LogP contribution >= 0.6 is 0 Å². The predicted octanol–water partition coefficient (Wildman–Crippen LogP) is 4.58. The fourth-order valence-corrected chi connectivity index (χ4v) is 4.02. The second kappa shape index (κ2) is 10.1. The summed E-state index contributed by atoms with van der Waals surface area (Å²) in [5, 5.41) is 2.83. The Bertz CT molecular complexity index is 1350. The molecule has 166 valence electrons. The molecular formula is C25H21N3O4S. The first-order valence-electron chi connectivity index (χ1n) is 10.1. The molecule has 0 unspecified atom stereocenters. The number of amides is 1. The standard InChI is InChI=1S/C25H21N3O4S/c29-25(28-22-7-3-5-19(17-22)9-12-21-6-1-2-15-26-21)20-10-13-24(14-11-20)33(30,31)27-18-23-8-4-16-32-23/h1-17,27H,18H2,(H,28,29)/b12-9+. The summed E-state index contributed by atoms with van der Waals surface area (Å²) >= 11 is 0. The molecule has 2 N–H and O–H groups in total. The van der Waals surface area contributed by atoms with E-state index in [0.29, 0.717) is 17.0 Å². The molecule has 0 bridgehead atoms. The second-order valence-electron chi connectivity index (χ2n) is 7.10. The lowest BCUT2D eigenvalue weighted by molar-refractivity contribution is 0.102. The van der Waals surface area contributed by atoms with Crippen molar-refractivity contribution < 1.29 is 17.6 Å². The van der Waals surface area contributed by atoms with Crippen molar-refractivity contribution in [3.63, 3.8) is 0 Å². The van der Waals surface area contributed by atoms with Gasteiger partial charge in [0.05, 0.1) is 23.4 Å². The van der Waals surface area contributed by atoms with Gasteiger partial charge in [-0.25, -0.2) is 13.1 Å². The molecule has 4 rings (SSSR count). The van der Waals surface area contributed by atoms with Crippen LogP contribution in [0.25, 0.3) is 12.2 Å². The molecule has 0 aliphatic carbocycles. The number of hydrogen-bond donors (Lipinski definition) is 2. The van der Waals surface area contributed by atoms with Crippen LogP contribution < -0.4 is 10.0 Å². The van der Waals surface area contributed by atoms with Crippen LogP contribution in [0, 0.1) is 0 Å². The molecule has 33 heavy (non-hydrogen) atoms. The van der Waals surface area contributed by atoms with Gasteiger partial charge >= 0.3 is 0 Å². The number of rotatable bonds is 8. The third-order valence-corrected chi connectivity index (χ3v) is 6.14. The molecule has 0 fully saturated rings. The van der Waals surface area contributed by atoms with Crippen LogP contribution in [0.15, 0.2) is 101 Å². The highest BCUT2D eigenvalue weighted by Gasteiger charge is 2.15. The Morgan fingerprint density at radius 3 is 2.52 bits per heavy atom. The maximum Gasteiger partial charge on any atom is 0.255 e. The molecule has 2 aromatic heterocycles. The van der Waals surface area contributed by atoms with Crippen molar-refractivity contribution in [2.45, 2.75) is 11.4 Å². The third kappa shape index (κ3) is 6.03. The van der Waals surface area contributed by atoms with E-state index in [2.05, 4.69) is 15.0 Å². The lowest BCUT2D eigenvalue weighted by atomic mass is 10.1. The van der Waals surface area contributed by atoms with E-state index in [1.54, 1.807) is 24.4 Å². The number of pyridine rings is 1. The van der Waals surface area contributed by atoms with E-state index in [4.69, 9.17) is 4.42 Å². The second-order valence-corrected chi connectivity index (χ2v) is 8.86. The van der Waals surface area contributed by atoms with Crippen molar-refractivity contribution in [3.05, 3.63) is 114 Å². The van der Waals surface area contributed by atoms with Gasteiger partial charge in [-0.05, 0) is 72.3 Å². The number of sulfonamides is 1. The average Bonchev–Trinajstić information content (AvgIpc) is 3.36. The van der Waals surface area contributed by atoms with Crippen LogP contribution in [0.3, 0.4) is 0 Å². The quantitative estimate of drug-likeness (QED) is 0.402. The molecule has 0 saturated heterocycles. The number of benzene rings is 2.